The molecule has 3 aromatic rings. The molecule has 0 unspecified atom stereocenters. The van der Waals surface area contributed by atoms with Crippen molar-refractivity contribution in [3.05, 3.63) is 70.9 Å². The normalized spacial score (nSPS) is 14.3. The van der Waals surface area contributed by atoms with Gasteiger partial charge in [-0.15, -0.1) is 0 Å². The zero-order chi connectivity index (χ0) is 18.8. The highest BCUT2D eigenvalue weighted by Crippen LogP contribution is 2.29. The van der Waals surface area contributed by atoms with Gasteiger partial charge in [0.2, 0.25) is 0 Å². The molecule has 0 bridgehead atoms. The van der Waals surface area contributed by atoms with Gasteiger partial charge in [-0.3, -0.25) is 4.79 Å². The number of para-hydroxylation sites is 1. The summed E-state index contributed by atoms with van der Waals surface area (Å²) in [5.74, 6) is 0.693. The van der Waals surface area contributed by atoms with Crippen molar-refractivity contribution in [2.24, 2.45) is 0 Å². The van der Waals surface area contributed by atoms with E-state index in [0.29, 0.717) is 23.9 Å². The van der Waals surface area contributed by atoms with Crippen molar-refractivity contribution >= 4 is 34.0 Å². The first-order valence-corrected chi connectivity index (χ1v) is 9.42. The summed E-state index contributed by atoms with van der Waals surface area (Å²) in [5, 5.41) is 1.89. The van der Waals surface area contributed by atoms with Crippen LogP contribution in [0.25, 0.3) is 16.5 Å². The van der Waals surface area contributed by atoms with Crippen LogP contribution in [0.1, 0.15) is 17.5 Å². The van der Waals surface area contributed by atoms with Crippen molar-refractivity contribution < 1.29 is 9.53 Å². The number of halogens is 1. The summed E-state index contributed by atoms with van der Waals surface area (Å²) < 4.78 is 5.69. The standard InChI is InChI=1S/C22H21ClN2O2/c1-15-12-17(23)6-7-21(15)27-14-22(26)25-10-8-16(9-11-25)19-13-24-20-5-3-2-4-18(19)20/h2-8,12-13,24H,9-11,14H2,1H3. The van der Waals surface area contributed by atoms with Crippen molar-refractivity contribution in [2.75, 3.05) is 19.7 Å². The Labute approximate surface area is 163 Å². The van der Waals surface area contributed by atoms with Crippen molar-refractivity contribution in [1.29, 1.82) is 0 Å². The molecule has 1 amide bonds. The number of carbonyl (C=O) groups excluding carboxylic acids is 1. The number of carbonyl (C=O) groups is 1. The van der Waals surface area contributed by atoms with Gasteiger partial charge < -0.3 is 14.6 Å². The zero-order valence-electron chi connectivity index (χ0n) is 15.2. The Bertz CT molecular complexity index is 1020. The lowest BCUT2D eigenvalue weighted by Crippen LogP contribution is -2.37. The Kier molecular flexibility index (Phi) is 4.90. The third-order valence-corrected chi connectivity index (χ3v) is 5.22. The van der Waals surface area contributed by atoms with Gasteiger partial charge in [0.1, 0.15) is 5.75 Å². The summed E-state index contributed by atoms with van der Waals surface area (Å²) in [4.78, 5) is 17.6. The van der Waals surface area contributed by atoms with Crippen molar-refractivity contribution in [3.63, 3.8) is 0 Å². The molecule has 0 atom stereocenters. The molecular formula is C22H21ClN2O2. The zero-order valence-corrected chi connectivity index (χ0v) is 15.9. The van der Waals surface area contributed by atoms with Crippen LogP contribution in [0.4, 0.5) is 0 Å². The predicted molar refractivity (Wildman–Crippen MR) is 109 cm³/mol. The number of amides is 1. The molecule has 0 spiro atoms. The lowest BCUT2D eigenvalue weighted by Gasteiger charge is -2.26. The number of aromatic amines is 1. The van der Waals surface area contributed by atoms with Gasteiger partial charge in [-0.2, -0.15) is 0 Å². The minimum absolute atomic E-state index is 0.00132. The van der Waals surface area contributed by atoms with Crippen molar-refractivity contribution in [3.8, 4) is 5.75 Å². The highest BCUT2D eigenvalue weighted by molar-refractivity contribution is 6.30. The van der Waals surface area contributed by atoms with Crippen LogP contribution in [0, 0.1) is 6.92 Å². The van der Waals surface area contributed by atoms with E-state index >= 15 is 0 Å². The van der Waals surface area contributed by atoms with Gasteiger partial charge in [-0.25, -0.2) is 0 Å². The maximum absolute atomic E-state index is 12.5. The van der Waals surface area contributed by atoms with E-state index < -0.39 is 0 Å². The monoisotopic (exact) mass is 380 g/mol. The molecule has 1 N–H and O–H groups in total. The SMILES string of the molecule is Cc1cc(Cl)ccc1OCC(=O)N1CC=C(c2c[nH]c3ccccc23)CC1. The number of rotatable bonds is 4. The fraction of sp³-hybridized carbons (Fsp3) is 0.227. The molecule has 0 saturated heterocycles. The number of benzene rings is 2. The number of hydrogen-bond acceptors (Lipinski definition) is 2. The van der Waals surface area contributed by atoms with Gasteiger partial charge in [0.15, 0.2) is 6.61 Å². The van der Waals surface area contributed by atoms with Crippen LogP contribution in [0.15, 0.2) is 54.7 Å². The Morgan fingerprint density at radius 1 is 1.26 bits per heavy atom. The lowest BCUT2D eigenvalue weighted by molar-refractivity contribution is -0.132. The summed E-state index contributed by atoms with van der Waals surface area (Å²) in [7, 11) is 0. The van der Waals surface area contributed by atoms with Gasteiger partial charge in [-0.1, -0.05) is 35.9 Å². The van der Waals surface area contributed by atoms with Crippen molar-refractivity contribution in [1.82, 2.24) is 9.88 Å². The molecule has 27 heavy (non-hydrogen) atoms. The topological polar surface area (TPSA) is 45.3 Å². The summed E-state index contributed by atoms with van der Waals surface area (Å²) >= 11 is 5.95. The molecule has 0 saturated carbocycles. The summed E-state index contributed by atoms with van der Waals surface area (Å²) in [6, 6.07) is 13.7. The Hall–Kier alpha value is -2.72. The third kappa shape index (κ3) is 3.71. The molecule has 0 fully saturated rings. The molecule has 0 radical (unpaired) electrons. The van der Waals surface area contributed by atoms with Gasteiger partial charge in [0, 0.05) is 40.8 Å². The van der Waals surface area contributed by atoms with Crippen LogP contribution in [0.5, 0.6) is 5.75 Å². The largest absolute Gasteiger partial charge is 0.483 e. The molecule has 0 aliphatic carbocycles. The number of nitrogens with one attached hydrogen (secondary N) is 1. The highest BCUT2D eigenvalue weighted by Gasteiger charge is 2.20. The molecule has 138 valence electrons. The van der Waals surface area contributed by atoms with E-state index in [1.54, 1.807) is 12.1 Å². The highest BCUT2D eigenvalue weighted by atomic mass is 35.5. The molecular weight excluding hydrogens is 360 g/mol. The van der Waals surface area contributed by atoms with Gasteiger partial charge in [-0.05, 0) is 48.7 Å². The first-order valence-electron chi connectivity index (χ1n) is 9.04. The Morgan fingerprint density at radius 3 is 2.89 bits per heavy atom. The second kappa shape index (κ2) is 7.49. The van der Waals surface area contributed by atoms with E-state index in [-0.39, 0.29) is 12.5 Å². The minimum atomic E-state index is -0.00132. The van der Waals surface area contributed by atoms with E-state index in [2.05, 4.69) is 35.5 Å². The van der Waals surface area contributed by atoms with Crippen LogP contribution in [0.2, 0.25) is 5.02 Å². The first-order chi connectivity index (χ1) is 13.1. The number of fused-ring (bicyclic) bond motifs is 1. The van der Waals surface area contributed by atoms with Gasteiger partial charge in [0.05, 0.1) is 0 Å². The third-order valence-electron chi connectivity index (χ3n) is 4.99. The second-order valence-electron chi connectivity index (χ2n) is 6.77. The molecule has 1 aliphatic heterocycles. The van der Waals surface area contributed by atoms with E-state index in [1.807, 2.05) is 24.0 Å². The van der Waals surface area contributed by atoms with Crippen LogP contribution >= 0.6 is 11.6 Å². The fourth-order valence-corrected chi connectivity index (χ4v) is 3.71. The van der Waals surface area contributed by atoms with Crippen LogP contribution < -0.4 is 4.74 Å². The lowest BCUT2D eigenvalue weighted by atomic mass is 9.99. The maximum atomic E-state index is 12.5. The molecule has 1 aromatic heterocycles. The quantitative estimate of drug-likeness (QED) is 0.705. The van der Waals surface area contributed by atoms with E-state index in [0.717, 1.165) is 17.5 Å². The smallest absolute Gasteiger partial charge is 0.260 e. The fourth-order valence-electron chi connectivity index (χ4n) is 3.48. The Balaban J connectivity index is 1.40. The summed E-state index contributed by atoms with van der Waals surface area (Å²) in [5.41, 5.74) is 4.57. The number of hydrogen-bond donors (Lipinski definition) is 1. The summed E-state index contributed by atoms with van der Waals surface area (Å²) in [6.07, 6.45) is 5.04. The molecule has 4 nitrogen and oxygen atoms in total. The first kappa shape index (κ1) is 17.7. The van der Waals surface area contributed by atoms with Crippen LogP contribution in [0.3, 0.4) is 0 Å². The average Bonchev–Trinajstić information content (AvgIpc) is 3.11. The number of nitrogens with zero attached hydrogens (tertiary/aromatic N) is 1. The molecule has 2 aromatic carbocycles. The van der Waals surface area contributed by atoms with Crippen molar-refractivity contribution in [2.45, 2.75) is 13.3 Å². The van der Waals surface area contributed by atoms with E-state index in [1.165, 1.54) is 16.5 Å². The number of H-pyrrole nitrogens is 1. The van der Waals surface area contributed by atoms with Gasteiger partial charge in [0.25, 0.3) is 5.91 Å². The van der Waals surface area contributed by atoms with E-state index in [9.17, 15) is 4.79 Å². The van der Waals surface area contributed by atoms with Crippen LogP contribution in [-0.4, -0.2) is 35.5 Å². The number of aryl methyl sites for hydroxylation is 1. The number of aromatic nitrogens is 1. The molecule has 4 rings (SSSR count). The molecule has 2 heterocycles. The predicted octanol–water partition coefficient (Wildman–Crippen LogP) is 4.82. The van der Waals surface area contributed by atoms with Crippen LogP contribution in [-0.2, 0) is 4.79 Å². The molecule has 1 aliphatic rings. The second-order valence-corrected chi connectivity index (χ2v) is 7.20. The number of ether oxygens (including phenoxy) is 1. The van der Waals surface area contributed by atoms with Gasteiger partial charge >= 0.3 is 0 Å². The Morgan fingerprint density at radius 2 is 2.11 bits per heavy atom. The molecule has 5 heteroatoms. The average molecular weight is 381 g/mol. The maximum Gasteiger partial charge on any atom is 0.260 e. The van der Waals surface area contributed by atoms with E-state index in [4.69, 9.17) is 16.3 Å². The summed E-state index contributed by atoms with van der Waals surface area (Å²) in [6.45, 7) is 3.27. The minimum Gasteiger partial charge on any atom is -0.483 e.